The fraction of sp³-hybridized carbons (Fsp3) is 0.105. The molecule has 0 saturated heterocycles. The quantitative estimate of drug-likeness (QED) is 0.359. The van der Waals surface area contributed by atoms with Crippen molar-refractivity contribution in [2.24, 2.45) is 5.10 Å². The van der Waals surface area contributed by atoms with Gasteiger partial charge in [0, 0.05) is 15.6 Å². The van der Waals surface area contributed by atoms with Crippen molar-refractivity contribution in [2.75, 3.05) is 13.2 Å². The van der Waals surface area contributed by atoms with Crippen LogP contribution in [0.2, 0.25) is 10.0 Å². The van der Waals surface area contributed by atoms with Crippen LogP contribution < -0.4 is 15.5 Å². The van der Waals surface area contributed by atoms with Crippen molar-refractivity contribution in [1.29, 1.82) is 0 Å². The normalized spacial score (nSPS) is 10.4. The summed E-state index contributed by atoms with van der Waals surface area (Å²) in [5, 5.41) is 6.91. The van der Waals surface area contributed by atoms with Crippen LogP contribution in [0.25, 0.3) is 0 Å². The molecular weight excluding hydrogens is 469 g/mol. The van der Waals surface area contributed by atoms with Gasteiger partial charge in [0.05, 0.1) is 22.8 Å². The van der Waals surface area contributed by atoms with E-state index in [1.165, 1.54) is 24.4 Å². The van der Waals surface area contributed by atoms with Gasteiger partial charge in [-0.2, -0.15) is 5.10 Å². The summed E-state index contributed by atoms with van der Waals surface area (Å²) in [6.45, 7) is -0.162. The summed E-state index contributed by atoms with van der Waals surface area (Å²) in [6.07, 6.45) is 6.60. The zero-order valence-corrected chi connectivity index (χ0v) is 17.4. The number of benzene rings is 2. The molecule has 2 aromatic rings. The van der Waals surface area contributed by atoms with Gasteiger partial charge in [0.1, 0.15) is 12.4 Å². The number of carbonyl (C=O) groups excluding carboxylic acids is 2. The minimum absolute atomic E-state index is 0.107. The molecule has 2 rings (SSSR count). The summed E-state index contributed by atoms with van der Waals surface area (Å²) >= 11 is 15.0. The Morgan fingerprint density at radius 3 is 2.71 bits per heavy atom. The molecule has 0 aromatic heterocycles. The molecule has 0 atom stereocenters. The molecule has 144 valence electrons. The van der Waals surface area contributed by atoms with E-state index in [1.807, 2.05) is 0 Å². The minimum atomic E-state index is -0.509. The highest BCUT2D eigenvalue weighted by atomic mass is 79.9. The van der Waals surface area contributed by atoms with E-state index < -0.39 is 11.8 Å². The van der Waals surface area contributed by atoms with Crippen LogP contribution in [-0.4, -0.2) is 31.2 Å². The molecule has 0 aliphatic carbocycles. The summed E-state index contributed by atoms with van der Waals surface area (Å²) in [4.78, 5) is 23.9. The second kappa shape index (κ2) is 10.7. The number of nitrogens with one attached hydrogen (secondary N) is 2. The van der Waals surface area contributed by atoms with Crippen LogP contribution in [0, 0.1) is 12.3 Å². The van der Waals surface area contributed by atoms with E-state index in [2.05, 4.69) is 37.7 Å². The Balaban J connectivity index is 1.90. The second-order valence-electron chi connectivity index (χ2n) is 5.28. The summed E-state index contributed by atoms with van der Waals surface area (Å²) in [7, 11) is 0. The van der Waals surface area contributed by atoms with Gasteiger partial charge in [-0.3, -0.25) is 9.59 Å². The van der Waals surface area contributed by atoms with Gasteiger partial charge < -0.3 is 10.1 Å². The van der Waals surface area contributed by atoms with Gasteiger partial charge >= 0.3 is 0 Å². The topological polar surface area (TPSA) is 79.8 Å². The Morgan fingerprint density at radius 2 is 2.00 bits per heavy atom. The first-order chi connectivity index (χ1) is 13.4. The number of hydrogen-bond acceptors (Lipinski definition) is 4. The standard InChI is InChI=1S/C19H14BrCl2N3O3/c1-2-7-28-17-6-4-14(20)8-13(17)10-24-25-18(26)11-23-19(27)12-3-5-15(21)16(22)9-12/h1,3-6,8-10H,7,11H2,(H,23,27)(H,25,26)/b24-10+. The molecule has 2 amide bonds. The third-order valence-electron chi connectivity index (χ3n) is 3.27. The van der Waals surface area contributed by atoms with E-state index in [0.717, 1.165) is 4.47 Å². The number of amides is 2. The zero-order valence-electron chi connectivity index (χ0n) is 14.3. The molecule has 0 spiro atoms. The third-order valence-corrected chi connectivity index (χ3v) is 4.50. The van der Waals surface area contributed by atoms with Gasteiger partial charge in [-0.15, -0.1) is 6.42 Å². The number of hydrogen-bond donors (Lipinski definition) is 2. The number of rotatable bonds is 7. The number of ether oxygens (including phenoxy) is 1. The van der Waals surface area contributed by atoms with E-state index in [-0.39, 0.29) is 23.7 Å². The molecule has 0 unspecified atom stereocenters. The molecular formula is C19H14BrCl2N3O3. The van der Waals surface area contributed by atoms with Crippen LogP contribution in [0.15, 0.2) is 46.0 Å². The van der Waals surface area contributed by atoms with Gasteiger partial charge in [-0.05, 0) is 36.4 Å². The number of terminal acetylenes is 1. The van der Waals surface area contributed by atoms with E-state index in [0.29, 0.717) is 16.3 Å². The van der Waals surface area contributed by atoms with Crippen LogP contribution in [0.4, 0.5) is 0 Å². The molecule has 0 fully saturated rings. The van der Waals surface area contributed by atoms with Gasteiger partial charge in [0.15, 0.2) is 0 Å². The van der Waals surface area contributed by atoms with Gasteiger partial charge in [0.25, 0.3) is 11.8 Å². The van der Waals surface area contributed by atoms with Gasteiger partial charge in [-0.1, -0.05) is 45.1 Å². The molecule has 0 bridgehead atoms. The number of carbonyl (C=O) groups is 2. The molecule has 0 aliphatic rings. The first kappa shape index (κ1) is 21.8. The average molecular weight is 483 g/mol. The highest BCUT2D eigenvalue weighted by Gasteiger charge is 2.09. The van der Waals surface area contributed by atoms with E-state index in [9.17, 15) is 9.59 Å². The molecule has 28 heavy (non-hydrogen) atoms. The van der Waals surface area contributed by atoms with Crippen molar-refractivity contribution in [3.63, 3.8) is 0 Å². The van der Waals surface area contributed by atoms with Crippen molar-refractivity contribution < 1.29 is 14.3 Å². The lowest BCUT2D eigenvalue weighted by atomic mass is 10.2. The Hall–Kier alpha value is -2.53. The lowest BCUT2D eigenvalue weighted by Crippen LogP contribution is -2.34. The lowest BCUT2D eigenvalue weighted by molar-refractivity contribution is -0.120. The summed E-state index contributed by atoms with van der Waals surface area (Å²) in [6, 6.07) is 9.70. The van der Waals surface area contributed by atoms with Gasteiger partial charge in [0.2, 0.25) is 0 Å². The van der Waals surface area contributed by atoms with E-state index in [4.69, 9.17) is 34.4 Å². The second-order valence-corrected chi connectivity index (χ2v) is 7.01. The molecule has 9 heteroatoms. The molecule has 0 heterocycles. The highest BCUT2D eigenvalue weighted by molar-refractivity contribution is 9.10. The van der Waals surface area contributed by atoms with Crippen LogP contribution in [0.5, 0.6) is 5.75 Å². The minimum Gasteiger partial charge on any atom is -0.480 e. The number of halogens is 3. The van der Waals surface area contributed by atoms with Crippen LogP contribution in [-0.2, 0) is 4.79 Å². The molecule has 0 radical (unpaired) electrons. The Kier molecular flexibility index (Phi) is 8.33. The monoisotopic (exact) mass is 481 g/mol. The van der Waals surface area contributed by atoms with Crippen LogP contribution >= 0.6 is 39.1 Å². The zero-order chi connectivity index (χ0) is 20.5. The highest BCUT2D eigenvalue weighted by Crippen LogP contribution is 2.23. The Bertz CT molecular complexity index is 958. The first-order valence-corrected chi connectivity index (χ1v) is 9.36. The SMILES string of the molecule is C#CCOc1ccc(Br)cc1/C=N/NC(=O)CNC(=O)c1ccc(Cl)c(Cl)c1. The van der Waals surface area contributed by atoms with Crippen LogP contribution in [0.3, 0.4) is 0 Å². The van der Waals surface area contributed by atoms with Crippen molar-refractivity contribution >= 4 is 57.2 Å². The molecule has 0 saturated carbocycles. The summed E-state index contributed by atoms with van der Waals surface area (Å²) in [5.74, 6) is 1.92. The van der Waals surface area contributed by atoms with Crippen molar-refractivity contribution in [2.45, 2.75) is 0 Å². The van der Waals surface area contributed by atoms with Crippen molar-refractivity contribution in [3.05, 3.63) is 62.0 Å². The third kappa shape index (κ3) is 6.57. The molecule has 0 aliphatic heterocycles. The van der Waals surface area contributed by atoms with Gasteiger partial charge in [-0.25, -0.2) is 5.43 Å². The fourth-order valence-electron chi connectivity index (χ4n) is 1.98. The van der Waals surface area contributed by atoms with Crippen molar-refractivity contribution in [1.82, 2.24) is 10.7 Å². The summed E-state index contributed by atoms with van der Waals surface area (Å²) < 4.78 is 6.21. The molecule has 2 aromatic carbocycles. The largest absolute Gasteiger partial charge is 0.480 e. The Labute approximate surface area is 180 Å². The smallest absolute Gasteiger partial charge is 0.259 e. The fourth-order valence-corrected chi connectivity index (χ4v) is 2.66. The number of nitrogens with zero attached hydrogens (tertiary/aromatic N) is 1. The number of hydrazone groups is 1. The average Bonchev–Trinajstić information content (AvgIpc) is 2.67. The summed E-state index contributed by atoms with van der Waals surface area (Å²) in [5.41, 5.74) is 3.22. The van der Waals surface area contributed by atoms with Crippen molar-refractivity contribution in [3.8, 4) is 18.1 Å². The lowest BCUT2D eigenvalue weighted by Gasteiger charge is -2.07. The van der Waals surface area contributed by atoms with Crippen LogP contribution in [0.1, 0.15) is 15.9 Å². The Morgan fingerprint density at radius 1 is 1.21 bits per heavy atom. The predicted molar refractivity (Wildman–Crippen MR) is 113 cm³/mol. The predicted octanol–water partition coefficient (Wildman–Crippen LogP) is 3.65. The maximum absolute atomic E-state index is 12.0. The first-order valence-electron chi connectivity index (χ1n) is 7.81. The molecule has 6 nitrogen and oxygen atoms in total. The molecule has 2 N–H and O–H groups in total. The maximum Gasteiger partial charge on any atom is 0.259 e. The maximum atomic E-state index is 12.0. The van der Waals surface area contributed by atoms with E-state index in [1.54, 1.807) is 18.2 Å². The van der Waals surface area contributed by atoms with E-state index >= 15 is 0 Å².